The van der Waals surface area contributed by atoms with Gasteiger partial charge in [-0.2, -0.15) is 0 Å². The van der Waals surface area contributed by atoms with E-state index in [4.69, 9.17) is 0 Å². The van der Waals surface area contributed by atoms with Crippen LogP contribution in [0.1, 0.15) is 5.56 Å². The summed E-state index contributed by atoms with van der Waals surface area (Å²) in [4.78, 5) is 23.2. The van der Waals surface area contributed by atoms with Gasteiger partial charge in [-0.25, -0.2) is 9.59 Å². The maximum atomic E-state index is 12.1. The lowest BCUT2D eigenvalue weighted by molar-refractivity contribution is -0.274. The summed E-state index contributed by atoms with van der Waals surface area (Å²) < 4.78 is 40.0. The number of hydrazine groups is 1. The zero-order chi connectivity index (χ0) is 19.9. The molecule has 0 aromatic heterocycles. The van der Waals surface area contributed by atoms with Gasteiger partial charge in [-0.1, -0.05) is 30.3 Å². The molecule has 7 nitrogen and oxygen atoms in total. The van der Waals surface area contributed by atoms with E-state index >= 15 is 0 Å². The number of hydrogen-bond acceptors (Lipinski definition) is 4. The lowest BCUT2D eigenvalue weighted by atomic mass is 10.1. The molecule has 2 amide bonds. The Kier molecular flexibility index (Phi) is 6.47. The molecule has 4 N–H and O–H groups in total. The molecule has 0 bridgehead atoms. The Bertz CT molecular complexity index is 767. The van der Waals surface area contributed by atoms with Crippen LogP contribution in [0.5, 0.6) is 5.75 Å². The fourth-order valence-electron chi connectivity index (χ4n) is 2.11. The Balaban J connectivity index is 1.86. The summed E-state index contributed by atoms with van der Waals surface area (Å²) in [6, 6.07) is 11.4. The first-order valence-corrected chi connectivity index (χ1v) is 7.68. The number of nitrogens with one attached hydrogen (secondary N) is 3. The van der Waals surface area contributed by atoms with Crippen LogP contribution in [0, 0.1) is 0 Å². The van der Waals surface area contributed by atoms with Crippen LogP contribution < -0.4 is 20.9 Å². The lowest BCUT2D eigenvalue weighted by Crippen LogP contribution is -2.48. The summed E-state index contributed by atoms with van der Waals surface area (Å²) in [5, 5.41) is 11.5. The van der Waals surface area contributed by atoms with Gasteiger partial charge >= 0.3 is 18.4 Å². The highest BCUT2D eigenvalue weighted by Gasteiger charge is 2.30. The van der Waals surface area contributed by atoms with Gasteiger partial charge in [0.25, 0.3) is 0 Å². The second-order valence-electron chi connectivity index (χ2n) is 5.38. The number of hydrogen-bond donors (Lipinski definition) is 4. The van der Waals surface area contributed by atoms with Gasteiger partial charge in [-0.05, 0) is 29.8 Å². The Labute approximate surface area is 152 Å². The average Bonchev–Trinajstić information content (AvgIpc) is 2.60. The van der Waals surface area contributed by atoms with Crippen molar-refractivity contribution in [1.82, 2.24) is 10.7 Å². The summed E-state index contributed by atoms with van der Waals surface area (Å²) in [7, 11) is 0. The molecule has 2 aromatic carbocycles. The molecule has 144 valence electrons. The van der Waals surface area contributed by atoms with E-state index in [2.05, 4.69) is 20.9 Å². The van der Waals surface area contributed by atoms with Crippen LogP contribution in [0.15, 0.2) is 54.6 Å². The van der Waals surface area contributed by atoms with E-state index in [0.717, 1.165) is 17.7 Å². The topological polar surface area (TPSA) is 99.7 Å². The van der Waals surface area contributed by atoms with Crippen LogP contribution >= 0.6 is 0 Å². The molecule has 0 fully saturated rings. The van der Waals surface area contributed by atoms with Crippen LogP contribution in [0.2, 0.25) is 0 Å². The molecular weight excluding hydrogens is 367 g/mol. The van der Waals surface area contributed by atoms with E-state index in [-0.39, 0.29) is 12.1 Å². The third-order valence-corrected chi connectivity index (χ3v) is 3.29. The van der Waals surface area contributed by atoms with E-state index in [9.17, 15) is 27.9 Å². The van der Waals surface area contributed by atoms with Gasteiger partial charge in [0, 0.05) is 6.42 Å². The standard InChI is InChI=1S/C17H16F3N3O4/c18-17(19,20)27-13-8-6-12(7-9-13)22-23-16(26)21-14(15(24)25)10-11-4-2-1-3-5-11/h1-9,14,22H,10H2,(H,24,25)(H2,21,23,26). The molecule has 0 saturated heterocycles. The minimum absolute atomic E-state index is 0.0903. The van der Waals surface area contributed by atoms with Gasteiger partial charge in [0.15, 0.2) is 0 Å². The molecule has 1 unspecified atom stereocenters. The molecule has 2 rings (SSSR count). The maximum Gasteiger partial charge on any atom is 0.573 e. The molecule has 27 heavy (non-hydrogen) atoms. The molecular formula is C17H16F3N3O4. The number of ether oxygens (including phenoxy) is 1. The van der Waals surface area contributed by atoms with Crippen molar-refractivity contribution < 1.29 is 32.6 Å². The number of carboxylic acid groups (broad SMARTS) is 1. The van der Waals surface area contributed by atoms with E-state index in [1.54, 1.807) is 30.3 Å². The van der Waals surface area contributed by atoms with Crippen molar-refractivity contribution in [3.8, 4) is 5.75 Å². The first kappa shape index (κ1) is 19.9. The van der Waals surface area contributed by atoms with Crippen LogP contribution in [-0.2, 0) is 11.2 Å². The van der Waals surface area contributed by atoms with Crippen LogP contribution in [0.4, 0.5) is 23.7 Å². The van der Waals surface area contributed by atoms with Crippen molar-refractivity contribution in [2.24, 2.45) is 0 Å². The predicted octanol–water partition coefficient (Wildman–Crippen LogP) is 2.91. The van der Waals surface area contributed by atoms with Crippen molar-refractivity contribution in [3.63, 3.8) is 0 Å². The fourth-order valence-corrected chi connectivity index (χ4v) is 2.11. The number of carbonyl (C=O) groups is 2. The Morgan fingerprint density at radius 2 is 1.67 bits per heavy atom. The smallest absolute Gasteiger partial charge is 0.480 e. The molecule has 0 spiro atoms. The van der Waals surface area contributed by atoms with Crippen molar-refractivity contribution in [1.29, 1.82) is 0 Å². The fraction of sp³-hybridized carbons (Fsp3) is 0.176. The molecule has 10 heteroatoms. The zero-order valence-corrected chi connectivity index (χ0v) is 13.8. The minimum Gasteiger partial charge on any atom is -0.480 e. The summed E-state index contributed by atoms with van der Waals surface area (Å²) in [5.41, 5.74) is 5.67. The van der Waals surface area contributed by atoms with Gasteiger partial charge in [-0.3, -0.25) is 10.9 Å². The predicted molar refractivity (Wildman–Crippen MR) is 90.0 cm³/mol. The van der Waals surface area contributed by atoms with Gasteiger partial charge in [0.1, 0.15) is 11.8 Å². The molecule has 0 radical (unpaired) electrons. The normalized spacial score (nSPS) is 12.0. The quantitative estimate of drug-likeness (QED) is 0.551. The summed E-state index contributed by atoms with van der Waals surface area (Å²) in [5.74, 6) is -1.62. The Morgan fingerprint density at radius 1 is 1.04 bits per heavy atom. The van der Waals surface area contributed by atoms with Gasteiger partial charge in [0.05, 0.1) is 5.69 Å². The number of rotatable bonds is 7. The first-order chi connectivity index (χ1) is 12.7. The van der Waals surface area contributed by atoms with Crippen molar-refractivity contribution >= 4 is 17.7 Å². The minimum atomic E-state index is -4.79. The van der Waals surface area contributed by atoms with E-state index in [1.807, 2.05) is 0 Å². The molecule has 0 saturated carbocycles. The number of carbonyl (C=O) groups excluding carboxylic acids is 1. The zero-order valence-electron chi connectivity index (χ0n) is 13.8. The van der Waals surface area contributed by atoms with Gasteiger partial charge in [0.2, 0.25) is 0 Å². The molecule has 0 aliphatic carbocycles. The number of anilines is 1. The highest BCUT2D eigenvalue weighted by molar-refractivity contribution is 5.83. The summed E-state index contributed by atoms with van der Waals surface area (Å²) >= 11 is 0. The second-order valence-corrected chi connectivity index (χ2v) is 5.38. The van der Waals surface area contributed by atoms with Crippen LogP contribution in [-0.4, -0.2) is 29.5 Å². The molecule has 2 aromatic rings. The SMILES string of the molecule is O=C(NNc1ccc(OC(F)(F)F)cc1)NC(Cc1ccccc1)C(=O)O. The lowest BCUT2D eigenvalue weighted by Gasteiger charge is -2.16. The monoisotopic (exact) mass is 383 g/mol. The van der Waals surface area contributed by atoms with Crippen LogP contribution in [0.25, 0.3) is 0 Å². The van der Waals surface area contributed by atoms with Crippen molar-refractivity contribution in [2.45, 2.75) is 18.8 Å². The van der Waals surface area contributed by atoms with Crippen molar-refractivity contribution in [2.75, 3.05) is 5.43 Å². The van der Waals surface area contributed by atoms with Crippen LogP contribution in [0.3, 0.4) is 0 Å². The molecule has 0 aliphatic rings. The summed E-state index contributed by atoms with van der Waals surface area (Å²) in [6.07, 6.45) is -4.70. The number of alkyl halides is 3. The number of halogens is 3. The molecule has 0 aliphatic heterocycles. The summed E-state index contributed by atoms with van der Waals surface area (Å²) in [6.45, 7) is 0. The van der Waals surface area contributed by atoms with E-state index in [1.165, 1.54) is 12.1 Å². The Hall–Kier alpha value is -3.43. The first-order valence-electron chi connectivity index (χ1n) is 7.68. The maximum absolute atomic E-state index is 12.1. The average molecular weight is 383 g/mol. The number of aliphatic carboxylic acids is 1. The Morgan fingerprint density at radius 3 is 2.22 bits per heavy atom. The molecule has 0 heterocycles. The molecule has 1 atom stereocenters. The van der Waals surface area contributed by atoms with E-state index < -0.39 is 30.2 Å². The number of carboxylic acids is 1. The highest BCUT2D eigenvalue weighted by atomic mass is 19.4. The number of benzene rings is 2. The number of urea groups is 1. The second kappa shape index (κ2) is 8.79. The van der Waals surface area contributed by atoms with Gasteiger partial charge in [-0.15, -0.1) is 13.2 Å². The highest BCUT2D eigenvalue weighted by Crippen LogP contribution is 2.23. The number of amides is 2. The van der Waals surface area contributed by atoms with Gasteiger partial charge < -0.3 is 15.2 Å². The van der Waals surface area contributed by atoms with E-state index in [0.29, 0.717) is 0 Å². The van der Waals surface area contributed by atoms with Crippen molar-refractivity contribution in [3.05, 3.63) is 60.2 Å². The third kappa shape index (κ3) is 7.14. The largest absolute Gasteiger partial charge is 0.573 e. The third-order valence-electron chi connectivity index (χ3n) is 3.29.